The summed E-state index contributed by atoms with van der Waals surface area (Å²) in [5, 5.41) is 5.91. The van der Waals surface area contributed by atoms with Gasteiger partial charge in [0.25, 0.3) is 5.91 Å². The van der Waals surface area contributed by atoms with Gasteiger partial charge in [-0.2, -0.15) is 18.3 Å². The Bertz CT molecular complexity index is 1020. The monoisotopic (exact) mass is 424 g/mol. The third kappa shape index (κ3) is 5.11. The first-order valence-corrected chi connectivity index (χ1v) is 8.41. The summed E-state index contributed by atoms with van der Waals surface area (Å²) >= 11 is 5.58. The molecule has 0 radical (unpaired) electrons. The lowest BCUT2D eigenvalue weighted by molar-refractivity contribution is -0.137. The fourth-order valence-electron chi connectivity index (χ4n) is 2.31. The average Bonchev–Trinajstić information content (AvgIpc) is 3.21. The number of nitrogens with one attached hydrogen (secondary N) is 1. The highest BCUT2D eigenvalue weighted by atomic mass is 35.5. The van der Waals surface area contributed by atoms with Crippen molar-refractivity contribution >= 4 is 29.2 Å². The number of nitrogens with zero attached hydrogens (tertiary/aromatic N) is 3. The van der Waals surface area contributed by atoms with E-state index < -0.39 is 35.9 Å². The van der Waals surface area contributed by atoms with Gasteiger partial charge in [0.2, 0.25) is 0 Å². The number of amides is 1. The number of ether oxygens (including phenoxy) is 1. The van der Waals surface area contributed by atoms with E-state index in [2.05, 4.69) is 15.4 Å². The molecular formula is C18H12ClF3N4O3. The zero-order valence-electron chi connectivity index (χ0n) is 14.5. The number of pyridine rings is 1. The van der Waals surface area contributed by atoms with Gasteiger partial charge < -0.3 is 10.1 Å². The molecule has 0 spiro atoms. The Morgan fingerprint density at radius 1 is 1.21 bits per heavy atom. The number of rotatable bonds is 5. The molecule has 1 N–H and O–H groups in total. The number of anilines is 1. The van der Waals surface area contributed by atoms with Crippen molar-refractivity contribution in [1.82, 2.24) is 14.8 Å². The highest BCUT2D eigenvalue weighted by Crippen LogP contribution is 2.36. The first-order chi connectivity index (χ1) is 13.7. The van der Waals surface area contributed by atoms with Crippen molar-refractivity contribution < 1.29 is 27.5 Å². The van der Waals surface area contributed by atoms with Gasteiger partial charge in [-0.15, -0.1) is 0 Å². The molecule has 0 saturated carbocycles. The molecule has 1 amide bonds. The lowest BCUT2D eigenvalue weighted by atomic mass is 10.1. The molecule has 0 unspecified atom stereocenters. The van der Waals surface area contributed by atoms with Crippen LogP contribution >= 0.6 is 11.6 Å². The van der Waals surface area contributed by atoms with Crippen LogP contribution in [0.5, 0.6) is 0 Å². The summed E-state index contributed by atoms with van der Waals surface area (Å²) in [7, 11) is 0. The van der Waals surface area contributed by atoms with Crippen molar-refractivity contribution in [3.8, 4) is 5.82 Å². The Morgan fingerprint density at radius 3 is 2.62 bits per heavy atom. The second-order valence-corrected chi connectivity index (χ2v) is 6.10. The number of carbonyl (C=O) groups excluding carboxylic acids is 2. The minimum absolute atomic E-state index is 0.0659. The smallest absolute Gasteiger partial charge is 0.418 e. The lowest BCUT2D eigenvalue weighted by Crippen LogP contribution is -2.23. The van der Waals surface area contributed by atoms with Crippen LogP contribution in [-0.4, -0.2) is 33.2 Å². The number of aromatic nitrogens is 3. The summed E-state index contributed by atoms with van der Waals surface area (Å²) in [6, 6.07) is 7.55. The van der Waals surface area contributed by atoms with Crippen molar-refractivity contribution in [3.05, 3.63) is 71.1 Å². The summed E-state index contributed by atoms with van der Waals surface area (Å²) in [5.41, 5.74) is -1.53. The van der Waals surface area contributed by atoms with E-state index in [9.17, 15) is 22.8 Å². The minimum atomic E-state index is -4.72. The molecule has 2 heterocycles. The molecule has 3 rings (SSSR count). The Hall–Kier alpha value is -3.40. The van der Waals surface area contributed by atoms with Crippen molar-refractivity contribution in [2.24, 2.45) is 0 Å². The van der Waals surface area contributed by atoms with E-state index in [4.69, 9.17) is 16.3 Å². The van der Waals surface area contributed by atoms with Crippen molar-refractivity contribution in [2.75, 3.05) is 11.9 Å². The van der Waals surface area contributed by atoms with Gasteiger partial charge in [-0.1, -0.05) is 11.6 Å². The van der Waals surface area contributed by atoms with E-state index in [1.807, 2.05) is 0 Å². The highest BCUT2D eigenvalue weighted by molar-refractivity contribution is 6.30. The van der Waals surface area contributed by atoms with Gasteiger partial charge in [0, 0.05) is 23.6 Å². The number of halogens is 4. The molecule has 0 atom stereocenters. The molecule has 0 fully saturated rings. The maximum Gasteiger partial charge on any atom is 0.418 e. The molecule has 0 saturated heterocycles. The molecule has 11 heteroatoms. The van der Waals surface area contributed by atoms with Crippen LogP contribution in [0.2, 0.25) is 5.02 Å². The molecule has 29 heavy (non-hydrogen) atoms. The van der Waals surface area contributed by atoms with Crippen LogP contribution in [0, 0.1) is 0 Å². The normalized spacial score (nSPS) is 11.2. The van der Waals surface area contributed by atoms with Crippen LogP contribution in [0.3, 0.4) is 0 Å². The van der Waals surface area contributed by atoms with Gasteiger partial charge in [-0.05, 0) is 36.4 Å². The zero-order chi connectivity index (χ0) is 21.0. The summed E-state index contributed by atoms with van der Waals surface area (Å²) in [6.07, 6.45) is -0.256. The summed E-state index contributed by atoms with van der Waals surface area (Å²) in [4.78, 5) is 28.0. The number of alkyl halides is 3. The molecule has 3 aromatic rings. The standard InChI is InChI=1S/C18H12ClF3N4O3/c19-12-3-4-14(13(8-12)18(20,21)22)25-16(27)10-29-17(28)11-2-5-15(23-9-11)26-7-1-6-24-26/h1-9H,10H2,(H,25,27). The molecular weight excluding hydrogens is 413 g/mol. The van der Waals surface area contributed by atoms with Crippen LogP contribution in [0.1, 0.15) is 15.9 Å². The Labute approximate surface area is 167 Å². The largest absolute Gasteiger partial charge is 0.452 e. The van der Waals surface area contributed by atoms with Gasteiger partial charge >= 0.3 is 12.1 Å². The first kappa shape index (κ1) is 20.3. The fraction of sp³-hybridized carbons (Fsp3) is 0.111. The van der Waals surface area contributed by atoms with Crippen LogP contribution in [0.25, 0.3) is 5.82 Å². The number of benzene rings is 1. The molecule has 0 bridgehead atoms. The summed E-state index contributed by atoms with van der Waals surface area (Å²) < 4.78 is 45.4. The number of hydrogen-bond donors (Lipinski definition) is 1. The van der Waals surface area contributed by atoms with Crippen LogP contribution in [0.4, 0.5) is 18.9 Å². The average molecular weight is 425 g/mol. The highest BCUT2D eigenvalue weighted by Gasteiger charge is 2.34. The second-order valence-electron chi connectivity index (χ2n) is 5.67. The van der Waals surface area contributed by atoms with Gasteiger partial charge in [-0.25, -0.2) is 14.5 Å². The topological polar surface area (TPSA) is 86.1 Å². The van der Waals surface area contributed by atoms with Crippen molar-refractivity contribution in [1.29, 1.82) is 0 Å². The van der Waals surface area contributed by atoms with E-state index in [0.29, 0.717) is 11.9 Å². The first-order valence-electron chi connectivity index (χ1n) is 8.04. The molecule has 1 aromatic carbocycles. The SMILES string of the molecule is O=C(COC(=O)c1ccc(-n2cccn2)nc1)Nc1ccc(Cl)cc1C(F)(F)F. The molecule has 0 aliphatic carbocycles. The number of hydrogen-bond acceptors (Lipinski definition) is 5. The third-order valence-corrected chi connectivity index (χ3v) is 3.85. The predicted molar refractivity (Wildman–Crippen MR) is 96.7 cm³/mol. The predicted octanol–water partition coefficient (Wildman–Crippen LogP) is 3.74. The minimum Gasteiger partial charge on any atom is -0.452 e. The molecule has 0 aliphatic rings. The van der Waals surface area contributed by atoms with Gasteiger partial charge in [0.1, 0.15) is 0 Å². The quantitative estimate of drug-likeness (QED) is 0.631. The molecule has 7 nitrogen and oxygen atoms in total. The second kappa shape index (κ2) is 8.31. The van der Waals surface area contributed by atoms with Gasteiger partial charge in [0.05, 0.1) is 16.8 Å². The van der Waals surface area contributed by atoms with Crippen LogP contribution < -0.4 is 5.32 Å². The van der Waals surface area contributed by atoms with E-state index in [1.54, 1.807) is 18.5 Å². The Morgan fingerprint density at radius 2 is 2.00 bits per heavy atom. The van der Waals surface area contributed by atoms with Crippen LogP contribution in [-0.2, 0) is 15.7 Å². The van der Waals surface area contributed by atoms with E-state index in [-0.39, 0.29) is 10.6 Å². The number of carbonyl (C=O) groups is 2. The van der Waals surface area contributed by atoms with Crippen LogP contribution in [0.15, 0.2) is 55.0 Å². The van der Waals surface area contributed by atoms with Gasteiger partial charge in [-0.3, -0.25) is 4.79 Å². The van der Waals surface area contributed by atoms with Gasteiger partial charge in [0.15, 0.2) is 12.4 Å². The van der Waals surface area contributed by atoms with E-state index in [1.165, 1.54) is 29.1 Å². The maximum atomic E-state index is 13.0. The van der Waals surface area contributed by atoms with E-state index in [0.717, 1.165) is 6.07 Å². The van der Waals surface area contributed by atoms with E-state index >= 15 is 0 Å². The van der Waals surface area contributed by atoms with Crippen molar-refractivity contribution in [2.45, 2.75) is 6.18 Å². The molecule has 2 aromatic heterocycles. The Kier molecular flexibility index (Phi) is 5.83. The number of esters is 1. The Balaban J connectivity index is 1.60. The third-order valence-electron chi connectivity index (χ3n) is 3.62. The summed E-state index contributed by atoms with van der Waals surface area (Å²) in [6.45, 7) is -0.778. The zero-order valence-corrected chi connectivity index (χ0v) is 15.2. The fourth-order valence-corrected chi connectivity index (χ4v) is 2.48. The lowest BCUT2D eigenvalue weighted by Gasteiger charge is -2.14. The molecule has 150 valence electrons. The summed E-state index contributed by atoms with van der Waals surface area (Å²) in [5.74, 6) is -1.33. The van der Waals surface area contributed by atoms with Crippen molar-refractivity contribution in [3.63, 3.8) is 0 Å². The molecule has 0 aliphatic heterocycles. The maximum absolute atomic E-state index is 13.0.